The van der Waals surface area contributed by atoms with Gasteiger partial charge in [0.2, 0.25) is 0 Å². The molecule has 0 atom stereocenters. The number of aryl methyl sites for hydroxylation is 2. The Morgan fingerprint density at radius 3 is 2.40 bits per heavy atom. The Hall–Kier alpha value is -3.15. The first-order chi connectivity index (χ1) is 14.0. The summed E-state index contributed by atoms with van der Waals surface area (Å²) in [6.07, 6.45) is -3.16. The SMILES string of the molecule is Cc1noc(C)c1-c1ccc(NC2CCNCC2)c([N+](=O)[O-])c1.O=C(O)C(F)(F)F. The number of carboxylic acids is 1. The van der Waals surface area contributed by atoms with E-state index < -0.39 is 12.1 Å². The number of piperidine rings is 1. The van der Waals surface area contributed by atoms with E-state index in [-0.39, 0.29) is 16.7 Å². The fraction of sp³-hybridized carbons (Fsp3) is 0.444. The van der Waals surface area contributed by atoms with E-state index in [1.54, 1.807) is 12.1 Å². The van der Waals surface area contributed by atoms with Crippen LogP contribution in [0.25, 0.3) is 11.1 Å². The van der Waals surface area contributed by atoms with Crippen molar-refractivity contribution < 1.29 is 32.5 Å². The number of halogens is 3. The van der Waals surface area contributed by atoms with Crippen molar-refractivity contribution in [1.29, 1.82) is 0 Å². The van der Waals surface area contributed by atoms with Crippen LogP contribution in [0, 0.1) is 24.0 Å². The minimum atomic E-state index is -5.08. The van der Waals surface area contributed by atoms with Gasteiger partial charge in [0.1, 0.15) is 11.4 Å². The summed E-state index contributed by atoms with van der Waals surface area (Å²) in [4.78, 5) is 20.0. The molecule has 0 bridgehead atoms. The number of nitrogens with zero attached hydrogens (tertiary/aromatic N) is 2. The van der Waals surface area contributed by atoms with Gasteiger partial charge in [-0.15, -0.1) is 0 Å². The largest absolute Gasteiger partial charge is 0.490 e. The summed E-state index contributed by atoms with van der Waals surface area (Å²) in [5, 5.41) is 29.1. The number of aromatic nitrogens is 1. The highest BCUT2D eigenvalue weighted by Gasteiger charge is 2.38. The molecule has 1 aromatic carbocycles. The van der Waals surface area contributed by atoms with E-state index in [0.717, 1.165) is 42.8 Å². The van der Waals surface area contributed by atoms with Crippen LogP contribution in [0.2, 0.25) is 0 Å². The number of alkyl halides is 3. The van der Waals surface area contributed by atoms with E-state index in [0.29, 0.717) is 11.4 Å². The lowest BCUT2D eigenvalue weighted by atomic mass is 10.0. The minimum absolute atomic E-state index is 0.0843. The first-order valence-electron chi connectivity index (χ1n) is 8.99. The van der Waals surface area contributed by atoms with Gasteiger partial charge in [0.25, 0.3) is 5.69 Å². The number of aliphatic carboxylic acids is 1. The lowest BCUT2D eigenvalue weighted by Crippen LogP contribution is -2.35. The first-order valence-corrected chi connectivity index (χ1v) is 8.99. The lowest BCUT2D eigenvalue weighted by Gasteiger charge is -2.24. The van der Waals surface area contributed by atoms with Crippen molar-refractivity contribution >= 4 is 17.3 Å². The van der Waals surface area contributed by atoms with Gasteiger partial charge in [0.05, 0.1) is 10.6 Å². The molecule has 1 aliphatic heterocycles. The van der Waals surface area contributed by atoms with Gasteiger partial charge in [-0.3, -0.25) is 10.1 Å². The summed E-state index contributed by atoms with van der Waals surface area (Å²) in [7, 11) is 0. The van der Waals surface area contributed by atoms with E-state index in [2.05, 4.69) is 15.8 Å². The number of carbonyl (C=O) groups is 1. The second kappa shape index (κ2) is 9.57. The summed E-state index contributed by atoms with van der Waals surface area (Å²) in [5.41, 5.74) is 2.96. The van der Waals surface area contributed by atoms with Gasteiger partial charge in [-0.05, 0) is 51.4 Å². The smallest absolute Gasteiger partial charge is 0.475 e. The molecule has 30 heavy (non-hydrogen) atoms. The molecule has 0 amide bonds. The van der Waals surface area contributed by atoms with Crippen molar-refractivity contribution in [3.8, 4) is 11.1 Å². The zero-order valence-corrected chi connectivity index (χ0v) is 16.2. The Labute approximate surface area is 169 Å². The van der Waals surface area contributed by atoms with Crippen molar-refractivity contribution in [2.24, 2.45) is 0 Å². The van der Waals surface area contributed by atoms with Gasteiger partial charge < -0.3 is 20.3 Å². The van der Waals surface area contributed by atoms with Crippen LogP contribution >= 0.6 is 0 Å². The zero-order valence-electron chi connectivity index (χ0n) is 16.2. The molecule has 1 saturated heterocycles. The number of anilines is 1. The molecule has 3 N–H and O–H groups in total. The predicted molar refractivity (Wildman–Crippen MR) is 101 cm³/mol. The monoisotopic (exact) mass is 430 g/mol. The molecule has 0 spiro atoms. The lowest BCUT2D eigenvalue weighted by molar-refractivity contribution is -0.383. The fourth-order valence-corrected chi connectivity index (χ4v) is 3.04. The molecule has 0 radical (unpaired) electrons. The molecule has 164 valence electrons. The maximum Gasteiger partial charge on any atom is 0.490 e. The van der Waals surface area contributed by atoms with Gasteiger partial charge in [0, 0.05) is 17.7 Å². The number of hydrogen-bond donors (Lipinski definition) is 3. The third-order valence-electron chi connectivity index (χ3n) is 4.46. The average Bonchev–Trinajstić information content (AvgIpc) is 3.01. The topological polar surface area (TPSA) is 131 Å². The molecule has 3 rings (SSSR count). The summed E-state index contributed by atoms with van der Waals surface area (Å²) >= 11 is 0. The minimum Gasteiger partial charge on any atom is -0.475 e. The quantitative estimate of drug-likeness (QED) is 0.495. The fourth-order valence-electron chi connectivity index (χ4n) is 3.04. The van der Waals surface area contributed by atoms with Gasteiger partial charge >= 0.3 is 12.1 Å². The highest BCUT2D eigenvalue weighted by atomic mass is 19.4. The van der Waals surface area contributed by atoms with Crippen molar-refractivity contribution in [3.63, 3.8) is 0 Å². The second-order valence-electron chi connectivity index (χ2n) is 6.66. The zero-order chi connectivity index (χ0) is 22.5. The molecular weight excluding hydrogens is 409 g/mol. The molecular formula is C18H21F3N4O5. The van der Waals surface area contributed by atoms with Crippen molar-refractivity contribution in [3.05, 3.63) is 39.8 Å². The number of nitro benzene ring substituents is 1. The number of rotatable bonds is 4. The molecule has 1 aliphatic rings. The van der Waals surface area contributed by atoms with Gasteiger partial charge in [-0.2, -0.15) is 13.2 Å². The van der Waals surface area contributed by atoms with Crippen LogP contribution in [-0.2, 0) is 4.79 Å². The van der Waals surface area contributed by atoms with Crippen LogP contribution in [0.3, 0.4) is 0 Å². The van der Waals surface area contributed by atoms with Crippen LogP contribution in [0.5, 0.6) is 0 Å². The summed E-state index contributed by atoms with van der Waals surface area (Å²) < 4.78 is 36.9. The number of nitro groups is 1. The maximum absolute atomic E-state index is 11.5. The van der Waals surface area contributed by atoms with Crippen molar-refractivity contribution in [2.75, 3.05) is 18.4 Å². The van der Waals surface area contributed by atoms with Crippen molar-refractivity contribution in [2.45, 2.75) is 38.9 Å². The molecule has 12 heteroatoms. The number of hydrogen-bond acceptors (Lipinski definition) is 7. The molecule has 9 nitrogen and oxygen atoms in total. The summed E-state index contributed by atoms with van der Waals surface area (Å²) in [6, 6.07) is 5.51. The van der Waals surface area contributed by atoms with Gasteiger partial charge in [-0.1, -0.05) is 11.2 Å². The predicted octanol–water partition coefficient (Wildman–Crippen LogP) is 3.66. The Morgan fingerprint density at radius 1 is 1.33 bits per heavy atom. The molecule has 2 aromatic rings. The standard InChI is InChI=1S/C16H20N4O3.C2HF3O2/c1-10-16(11(2)23-19-10)12-3-4-14(15(9-12)20(21)22)18-13-5-7-17-8-6-13;3-2(4,5)1(6)7/h3-4,9,13,17-18H,5-8H2,1-2H3;(H,6,7). The van der Waals surface area contributed by atoms with E-state index >= 15 is 0 Å². The van der Waals surface area contributed by atoms with Crippen molar-refractivity contribution in [1.82, 2.24) is 10.5 Å². The first kappa shape index (κ1) is 23.1. The van der Waals surface area contributed by atoms with Crippen LogP contribution in [0.4, 0.5) is 24.5 Å². The summed E-state index contributed by atoms with van der Waals surface area (Å²) in [5.74, 6) is -2.09. The molecule has 1 fully saturated rings. The van der Waals surface area contributed by atoms with Crippen LogP contribution < -0.4 is 10.6 Å². The Morgan fingerprint density at radius 2 is 1.93 bits per heavy atom. The molecule has 2 heterocycles. The Kier molecular flexibility index (Phi) is 7.38. The molecule has 0 aliphatic carbocycles. The third kappa shape index (κ3) is 5.92. The molecule has 0 saturated carbocycles. The normalized spacial score (nSPS) is 14.6. The number of nitrogens with one attached hydrogen (secondary N) is 2. The molecule has 1 aromatic heterocycles. The van der Waals surface area contributed by atoms with E-state index in [4.69, 9.17) is 14.4 Å². The summed E-state index contributed by atoms with van der Waals surface area (Å²) in [6.45, 7) is 5.51. The Balaban J connectivity index is 0.000000396. The van der Waals surface area contributed by atoms with E-state index in [1.807, 2.05) is 19.9 Å². The van der Waals surface area contributed by atoms with Gasteiger partial charge in [-0.25, -0.2) is 4.79 Å². The number of benzene rings is 1. The van der Waals surface area contributed by atoms with Gasteiger partial charge in [0.15, 0.2) is 0 Å². The third-order valence-corrected chi connectivity index (χ3v) is 4.46. The second-order valence-corrected chi connectivity index (χ2v) is 6.66. The van der Waals surface area contributed by atoms with Crippen LogP contribution in [0.1, 0.15) is 24.3 Å². The maximum atomic E-state index is 11.5. The Bertz CT molecular complexity index is 888. The average molecular weight is 430 g/mol. The van der Waals surface area contributed by atoms with Crippen LogP contribution in [-0.4, -0.2) is 46.5 Å². The number of carboxylic acid groups (broad SMARTS) is 1. The van der Waals surface area contributed by atoms with E-state index in [1.165, 1.54) is 0 Å². The van der Waals surface area contributed by atoms with E-state index in [9.17, 15) is 23.3 Å². The van der Waals surface area contributed by atoms with Crippen LogP contribution in [0.15, 0.2) is 22.7 Å². The highest BCUT2D eigenvalue weighted by molar-refractivity contribution is 5.75. The molecule has 0 unspecified atom stereocenters. The highest BCUT2D eigenvalue weighted by Crippen LogP contribution is 2.34.